The number of benzene rings is 1. The van der Waals surface area contributed by atoms with Crippen LogP contribution in [0.25, 0.3) is 0 Å². The highest BCUT2D eigenvalue weighted by Gasteiger charge is 2.21. The van der Waals surface area contributed by atoms with E-state index in [0.29, 0.717) is 12.5 Å². The summed E-state index contributed by atoms with van der Waals surface area (Å²) in [5.41, 5.74) is 9.22. The highest BCUT2D eigenvalue weighted by atomic mass is 35.5. The SMILES string of the molecule is COc1nc(Cl)nc(N2CCc3cccc(N)c3C2)n1. The average molecular weight is 292 g/mol. The van der Waals surface area contributed by atoms with Gasteiger partial charge in [0.25, 0.3) is 0 Å². The Morgan fingerprint density at radius 3 is 2.95 bits per heavy atom. The van der Waals surface area contributed by atoms with Crippen molar-refractivity contribution in [3.05, 3.63) is 34.6 Å². The molecular weight excluding hydrogens is 278 g/mol. The molecule has 1 aliphatic heterocycles. The Kier molecular flexibility index (Phi) is 3.31. The second kappa shape index (κ2) is 5.13. The van der Waals surface area contributed by atoms with Gasteiger partial charge in [0.1, 0.15) is 0 Å². The van der Waals surface area contributed by atoms with Crippen LogP contribution in [0.2, 0.25) is 5.28 Å². The molecule has 20 heavy (non-hydrogen) atoms. The van der Waals surface area contributed by atoms with Gasteiger partial charge in [-0.1, -0.05) is 12.1 Å². The molecule has 1 aromatic carbocycles. The molecule has 0 unspecified atom stereocenters. The maximum Gasteiger partial charge on any atom is 0.322 e. The first kappa shape index (κ1) is 12.9. The molecule has 3 rings (SSSR count). The molecule has 6 nitrogen and oxygen atoms in total. The maximum atomic E-state index is 6.04. The lowest BCUT2D eigenvalue weighted by atomic mass is 9.98. The normalized spacial score (nSPS) is 14.0. The Morgan fingerprint density at radius 2 is 2.15 bits per heavy atom. The molecule has 1 aliphatic rings. The van der Waals surface area contributed by atoms with E-state index >= 15 is 0 Å². The number of anilines is 2. The maximum absolute atomic E-state index is 6.04. The molecular formula is C13H14ClN5O. The van der Waals surface area contributed by atoms with Gasteiger partial charge in [-0.3, -0.25) is 0 Å². The Balaban J connectivity index is 1.94. The van der Waals surface area contributed by atoms with Crippen LogP contribution in [-0.4, -0.2) is 28.6 Å². The first-order valence-corrected chi connectivity index (χ1v) is 6.62. The van der Waals surface area contributed by atoms with Crippen molar-refractivity contribution in [2.75, 3.05) is 24.3 Å². The number of rotatable bonds is 2. The summed E-state index contributed by atoms with van der Waals surface area (Å²) in [4.78, 5) is 14.3. The molecule has 0 saturated heterocycles. The fourth-order valence-electron chi connectivity index (χ4n) is 2.33. The van der Waals surface area contributed by atoms with Crippen LogP contribution in [0.1, 0.15) is 11.1 Å². The predicted molar refractivity (Wildman–Crippen MR) is 77.0 cm³/mol. The van der Waals surface area contributed by atoms with Gasteiger partial charge in [-0.2, -0.15) is 15.0 Å². The van der Waals surface area contributed by atoms with Crippen molar-refractivity contribution in [2.45, 2.75) is 13.0 Å². The zero-order chi connectivity index (χ0) is 14.1. The van der Waals surface area contributed by atoms with Crippen LogP contribution >= 0.6 is 11.6 Å². The van der Waals surface area contributed by atoms with Gasteiger partial charge in [-0.25, -0.2) is 0 Å². The number of hydrogen-bond acceptors (Lipinski definition) is 6. The summed E-state index contributed by atoms with van der Waals surface area (Å²) in [6.45, 7) is 1.46. The predicted octanol–water partition coefficient (Wildman–Crippen LogP) is 1.68. The largest absolute Gasteiger partial charge is 0.467 e. The van der Waals surface area contributed by atoms with Crippen LogP contribution in [-0.2, 0) is 13.0 Å². The molecule has 2 aromatic rings. The van der Waals surface area contributed by atoms with E-state index < -0.39 is 0 Å². The van der Waals surface area contributed by atoms with Gasteiger partial charge >= 0.3 is 6.01 Å². The first-order chi connectivity index (χ1) is 9.67. The van der Waals surface area contributed by atoms with E-state index in [0.717, 1.165) is 24.2 Å². The molecule has 0 spiro atoms. The minimum absolute atomic E-state index is 0.124. The molecule has 0 fully saturated rings. The second-order valence-corrected chi connectivity index (χ2v) is 4.89. The molecule has 2 N–H and O–H groups in total. The Labute approximate surface area is 121 Å². The molecule has 0 atom stereocenters. The van der Waals surface area contributed by atoms with Gasteiger partial charge in [0.15, 0.2) is 0 Å². The molecule has 0 radical (unpaired) electrons. The topological polar surface area (TPSA) is 77.2 Å². The van der Waals surface area contributed by atoms with Crippen LogP contribution in [0.15, 0.2) is 18.2 Å². The lowest BCUT2D eigenvalue weighted by molar-refractivity contribution is 0.377. The van der Waals surface area contributed by atoms with Crippen LogP contribution < -0.4 is 15.4 Å². The standard InChI is InChI=1S/C13H14ClN5O/c1-20-13-17-11(14)16-12(18-13)19-6-5-8-3-2-4-10(15)9(8)7-19/h2-4H,5-7,15H2,1H3. The molecule has 0 amide bonds. The molecule has 104 valence electrons. The lowest BCUT2D eigenvalue weighted by Crippen LogP contribution is -2.32. The van der Waals surface area contributed by atoms with Gasteiger partial charge in [0.05, 0.1) is 7.11 Å². The van der Waals surface area contributed by atoms with Crippen molar-refractivity contribution >= 4 is 23.2 Å². The number of nitrogens with two attached hydrogens (primary N) is 1. The molecule has 0 saturated carbocycles. The van der Waals surface area contributed by atoms with Crippen molar-refractivity contribution in [1.82, 2.24) is 15.0 Å². The van der Waals surface area contributed by atoms with Crippen molar-refractivity contribution < 1.29 is 4.74 Å². The summed E-state index contributed by atoms with van der Waals surface area (Å²) in [7, 11) is 1.50. The van der Waals surface area contributed by atoms with Gasteiger partial charge in [0.2, 0.25) is 11.2 Å². The summed E-state index contributed by atoms with van der Waals surface area (Å²) in [6.07, 6.45) is 0.895. The van der Waals surface area contributed by atoms with Gasteiger partial charge in [-0.05, 0) is 35.2 Å². The van der Waals surface area contributed by atoms with Crippen LogP contribution in [0.4, 0.5) is 11.6 Å². The van der Waals surface area contributed by atoms with Gasteiger partial charge < -0.3 is 15.4 Å². The van der Waals surface area contributed by atoms with Crippen molar-refractivity contribution in [2.24, 2.45) is 0 Å². The minimum Gasteiger partial charge on any atom is -0.467 e. The first-order valence-electron chi connectivity index (χ1n) is 6.24. The number of halogens is 1. The Morgan fingerprint density at radius 1 is 1.30 bits per heavy atom. The fraction of sp³-hybridized carbons (Fsp3) is 0.308. The summed E-state index contributed by atoms with van der Waals surface area (Å²) < 4.78 is 5.02. The molecule has 2 heterocycles. The third-order valence-electron chi connectivity index (χ3n) is 3.35. The number of nitrogens with zero attached hydrogens (tertiary/aromatic N) is 4. The van der Waals surface area contributed by atoms with Gasteiger partial charge in [0, 0.05) is 18.8 Å². The highest BCUT2D eigenvalue weighted by molar-refractivity contribution is 6.28. The average Bonchev–Trinajstić information content (AvgIpc) is 2.46. The van der Waals surface area contributed by atoms with Crippen LogP contribution in [0.5, 0.6) is 6.01 Å². The highest BCUT2D eigenvalue weighted by Crippen LogP contribution is 2.27. The zero-order valence-electron chi connectivity index (χ0n) is 11.0. The van der Waals surface area contributed by atoms with Crippen molar-refractivity contribution in [3.63, 3.8) is 0 Å². The van der Waals surface area contributed by atoms with E-state index in [2.05, 4.69) is 21.0 Å². The van der Waals surface area contributed by atoms with E-state index in [9.17, 15) is 0 Å². The summed E-state index contributed by atoms with van der Waals surface area (Å²) in [5.74, 6) is 0.510. The number of hydrogen-bond donors (Lipinski definition) is 1. The molecule has 0 bridgehead atoms. The third kappa shape index (κ3) is 2.34. The number of methoxy groups -OCH3 is 1. The number of ether oxygens (including phenoxy) is 1. The fourth-order valence-corrected chi connectivity index (χ4v) is 2.48. The van der Waals surface area contributed by atoms with Crippen LogP contribution in [0, 0.1) is 0 Å². The summed E-state index contributed by atoms with van der Waals surface area (Å²) >= 11 is 5.89. The Hall–Kier alpha value is -2.08. The van der Waals surface area contributed by atoms with Crippen molar-refractivity contribution in [1.29, 1.82) is 0 Å². The summed E-state index contributed by atoms with van der Waals surface area (Å²) in [5, 5.41) is 0.124. The molecule has 0 aliphatic carbocycles. The molecule has 7 heteroatoms. The lowest BCUT2D eigenvalue weighted by Gasteiger charge is -2.29. The van der Waals surface area contributed by atoms with E-state index in [4.69, 9.17) is 22.1 Å². The Bertz CT molecular complexity index is 649. The quantitative estimate of drug-likeness (QED) is 0.848. The smallest absolute Gasteiger partial charge is 0.322 e. The number of aromatic nitrogens is 3. The number of fused-ring (bicyclic) bond motifs is 1. The monoisotopic (exact) mass is 291 g/mol. The van der Waals surface area contributed by atoms with Gasteiger partial charge in [-0.15, -0.1) is 0 Å². The summed E-state index contributed by atoms with van der Waals surface area (Å²) in [6, 6.07) is 6.20. The second-order valence-electron chi connectivity index (χ2n) is 4.55. The third-order valence-corrected chi connectivity index (χ3v) is 3.52. The van der Waals surface area contributed by atoms with Crippen LogP contribution in [0.3, 0.4) is 0 Å². The number of nitrogen functional groups attached to an aromatic ring is 1. The van der Waals surface area contributed by atoms with Crippen molar-refractivity contribution in [3.8, 4) is 6.01 Å². The van der Waals surface area contributed by atoms with E-state index in [-0.39, 0.29) is 11.3 Å². The molecule has 1 aromatic heterocycles. The van der Waals surface area contributed by atoms with E-state index in [1.54, 1.807) is 0 Å². The van der Waals surface area contributed by atoms with E-state index in [1.165, 1.54) is 12.7 Å². The van der Waals surface area contributed by atoms with E-state index in [1.807, 2.05) is 17.0 Å². The zero-order valence-corrected chi connectivity index (χ0v) is 11.8. The minimum atomic E-state index is 0.124.